The van der Waals surface area contributed by atoms with Gasteiger partial charge in [-0.25, -0.2) is 0 Å². The lowest BCUT2D eigenvalue weighted by Crippen LogP contribution is -2.50. The van der Waals surface area contributed by atoms with Gasteiger partial charge in [0.15, 0.2) is 0 Å². The first-order valence-corrected chi connectivity index (χ1v) is 12.4. The number of nitrogens with zero attached hydrogens (tertiary/aromatic N) is 2. The van der Waals surface area contributed by atoms with Gasteiger partial charge >= 0.3 is 12.4 Å². The molecule has 0 spiro atoms. The molecule has 196 valence electrons. The summed E-state index contributed by atoms with van der Waals surface area (Å²) in [4.78, 5) is 15.5. The smallest absolute Gasteiger partial charge is 0.336 e. The lowest BCUT2D eigenvalue weighted by Gasteiger charge is -2.35. The summed E-state index contributed by atoms with van der Waals surface area (Å²) in [5, 5.41) is -0.253. The fourth-order valence-corrected chi connectivity index (χ4v) is 4.89. The first-order valence-electron chi connectivity index (χ1n) is 10.4. The molecule has 0 saturated carbocycles. The molecule has 1 aliphatic heterocycles. The molecule has 1 amide bonds. The van der Waals surface area contributed by atoms with Gasteiger partial charge in [0, 0.05) is 30.7 Å². The Hall–Kier alpha value is -1.46. The van der Waals surface area contributed by atoms with Gasteiger partial charge in [0.05, 0.1) is 33.1 Å². The Morgan fingerprint density at radius 2 is 1.56 bits per heavy atom. The first-order chi connectivity index (χ1) is 16.7. The quantitative estimate of drug-likeness (QED) is 0.244. The van der Waals surface area contributed by atoms with Crippen molar-refractivity contribution >= 4 is 62.7 Å². The maximum atomic E-state index is 13.8. The van der Waals surface area contributed by atoms with E-state index in [0.717, 1.165) is 18.2 Å². The Labute approximate surface area is 226 Å². The molecule has 3 nitrogen and oxygen atoms in total. The maximum absolute atomic E-state index is 13.8. The Bertz CT molecular complexity index is 1120. The zero-order chi connectivity index (χ0) is 26.8. The molecule has 3 rings (SSSR count). The molecule has 1 atom stereocenters. The highest BCUT2D eigenvalue weighted by atomic mass is 79.9. The van der Waals surface area contributed by atoms with Crippen LogP contribution in [0.25, 0.3) is 6.08 Å². The second kappa shape index (κ2) is 11.5. The van der Waals surface area contributed by atoms with Crippen LogP contribution >= 0.6 is 50.7 Å². The van der Waals surface area contributed by atoms with Gasteiger partial charge in [0.2, 0.25) is 0 Å². The number of alkyl halides is 6. The number of hydrogen-bond donors (Lipinski definition) is 0. The lowest BCUT2D eigenvalue weighted by molar-refractivity contribution is -0.148. The second-order valence-corrected chi connectivity index (χ2v) is 10.1. The Kier molecular flexibility index (Phi) is 9.31. The number of allylic oxidation sites excluding steroid dienone is 1. The minimum Gasteiger partial charge on any atom is -0.336 e. The summed E-state index contributed by atoms with van der Waals surface area (Å²) in [7, 11) is 0. The van der Waals surface area contributed by atoms with Crippen LogP contribution in [0.5, 0.6) is 0 Å². The van der Waals surface area contributed by atoms with E-state index in [0.29, 0.717) is 10.0 Å². The maximum Gasteiger partial charge on any atom is 0.401 e. The van der Waals surface area contributed by atoms with Gasteiger partial charge in [-0.3, -0.25) is 9.69 Å². The van der Waals surface area contributed by atoms with Gasteiger partial charge in [-0.05, 0) is 51.3 Å². The molecule has 36 heavy (non-hydrogen) atoms. The van der Waals surface area contributed by atoms with E-state index >= 15 is 0 Å². The van der Waals surface area contributed by atoms with Crippen LogP contribution in [0.3, 0.4) is 0 Å². The average Bonchev–Trinajstić information content (AvgIpc) is 2.75. The molecular weight excluding hydrogens is 621 g/mol. The van der Waals surface area contributed by atoms with Crippen molar-refractivity contribution in [3.05, 3.63) is 72.6 Å². The predicted octanol–water partition coefficient (Wildman–Crippen LogP) is 8.09. The van der Waals surface area contributed by atoms with Crippen molar-refractivity contribution in [3.63, 3.8) is 0 Å². The van der Waals surface area contributed by atoms with Gasteiger partial charge in [0.25, 0.3) is 5.91 Å². The third-order valence-electron chi connectivity index (χ3n) is 5.48. The molecule has 0 aromatic heterocycles. The molecule has 0 N–H and O–H groups in total. The molecule has 1 fully saturated rings. The zero-order valence-corrected chi connectivity index (χ0v) is 22.1. The Morgan fingerprint density at radius 1 is 0.972 bits per heavy atom. The van der Waals surface area contributed by atoms with E-state index in [1.165, 1.54) is 34.1 Å². The minimum absolute atomic E-state index is 0.0436. The molecule has 1 unspecified atom stereocenters. The van der Waals surface area contributed by atoms with Gasteiger partial charge in [-0.2, -0.15) is 26.3 Å². The third-order valence-corrected chi connectivity index (χ3v) is 7.34. The van der Waals surface area contributed by atoms with Gasteiger partial charge in [-0.1, -0.05) is 53.0 Å². The normalized spacial score (nSPS) is 16.6. The van der Waals surface area contributed by atoms with Gasteiger partial charge in [0.1, 0.15) is 0 Å². The molecule has 0 bridgehead atoms. The number of amides is 1. The number of piperazine rings is 1. The third kappa shape index (κ3) is 7.54. The lowest BCUT2D eigenvalue weighted by atomic mass is 9.97. The van der Waals surface area contributed by atoms with Crippen LogP contribution in [0.2, 0.25) is 15.1 Å². The highest BCUT2D eigenvalue weighted by Crippen LogP contribution is 2.41. The molecule has 0 radical (unpaired) electrons. The molecular formula is C23H18BrCl3F6N2O. The van der Waals surface area contributed by atoms with E-state index in [2.05, 4.69) is 15.9 Å². The fraction of sp³-hybridized carbons (Fsp3) is 0.348. The van der Waals surface area contributed by atoms with Crippen LogP contribution in [0.4, 0.5) is 26.3 Å². The van der Waals surface area contributed by atoms with Crippen LogP contribution < -0.4 is 0 Å². The number of benzene rings is 2. The van der Waals surface area contributed by atoms with Gasteiger partial charge < -0.3 is 4.90 Å². The molecule has 1 aliphatic rings. The van der Waals surface area contributed by atoms with Crippen molar-refractivity contribution in [2.75, 3.05) is 32.7 Å². The predicted molar refractivity (Wildman–Crippen MR) is 132 cm³/mol. The molecule has 2 aromatic rings. The van der Waals surface area contributed by atoms with Crippen LogP contribution in [0, 0.1) is 0 Å². The molecule has 1 heterocycles. The summed E-state index contributed by atoms with van der Waals surface area (Å²) in [5.41, 5.74) is 0.447. The van der Waals surface area contributed by atoms with Crippen molar-refractivity contribution < 1.29 is 31.1 Å². The fourth-order valence-electron chi connectivity index (χ4n) is 3.71. The van der Waals surface area contributed by atoms with E-state index in [1.807, 2.05) is 0 Å². The highest BCUT2D eigenvalue weighted by molar-refractivity contribution is 9.10. The number of rotatable bonds is 5. The standard InChI is InChI=1S/C23H18BrCl3F6N2O/c24-17-9-13(2-4-16(23(31,32)33)14-10-18(25)20(27)19(26)11-14)1-3-15(17)21(36)35-7-5-34(6-8-35)12-22(28,29)30/h1-4,9-11,16H,5-8,12H2/b4-2+. The van der Waals surface area contributed by atoms with Crippen LogP contribution in [-0.2, 0) is 0 Å². The summed E-state index contributed by atoms with van der Waals surface area (Å²) >= 11 is 20.9. The number of hydrogen-bond acceptors (Lipinski definition) is 2. The molecule has 13 heteroatoms. The van der Waals surface area contributed by atoms with E-state index in [1.54, 1.807) is 0 Å². The average molecular weight is 639 g/mol. The van der Waals surface area contributed by atoms with Crippen LogP contribution in [0.1, 0.15) is 27.4 Å². The van der Waals surface area contributed by atoms with E-state index < -0.39 is 24.8 Å². The van der Waals surface area contributed by atoms with Gasteiger partial charge in [-0.15, -0.1) is 0 Å². The number of carbonyl (C=O) groups is 1. The van der Waals surface area contributed by atoms with Crippen molar-refractivity contribution in [1.29, 1.82) is 0 Å². The summed E-state index contributed by atoms with van der Waals surface area (Å²) < 4.78 is 79.3. The first kappa shape index (κ1) is 29.1. The largest absolute Gasteiger partial charge is 0.401 e. The molecule has 1 saturated heterocycles. The van der Waals surface area contributed by atoms with Crippen molar-refractivity contribution in [2.24, 2.45) is 0 Å². The van der Waals surface area contributed by atoms with Crippen LogP contribution in [0.15, 0.2) is 40.9 Å². The van der Waals surface area contributed by atoms with E-state index in [9.17, 15) is 31.1 Å². The second-order valence-electron chi connectivity index (χ2n) is 8.10. The number of carbonyl (C=O) groups excluding carboxylic acids is 1. The Morgan fingerprint density at radius 3 is 2.06 bits per heavy atom. The monoisotopic (exact) mass is 636 g/mol. The molecule has 0 aliphatic carbocycles. The van der Waals surface area contributed by atoms with Crippen molar-refractivity contribution in [1.82, 2.24) is 9.80 Å². The summed E-state index contributed by atoms with van der Waals surface area (Å²) in [6.07, 6.45) is -6.75. The number of halogens is 10. The SMILES string of the molecule is O=C(c1ccc(/C=C/C(c2cc(Cl)c(Cl)c(Cl)c2)C(F)(F)F)cc1Br)N1CCN(CC(F)(F)F)CC1. The summed E-state index contributed by atoms with van der Waals surface area (Å²) in [6.45, 7) is -0.611. The van der Waals surface area contributed by atoms with E-state index in [-0.39, 0.29) is 58.3 Å². The van der Waals surface area contributed by atoms with Crippen molar-refractivity contribution in [2.45, 2.75) is 18.3 Å². The summed E-state index contributed by atoms with van der Waals surface area (Å²) in [5.74, 6) is -2.40. The van der Waals surface area contributed by atoms with Crippen molar-refractivity contribution in [3.8, 4) is 0 Å². The van der Waals surface area contributed by atoms with E-state index in [4.69, 9.17) is 34.8 Å². The topological polar surface area (TPSA) is 23.6 Å². The Balaban J connectivity index is 1.75. The summed E-state index contributed by atoms with van der Waals surface area (Å²) in [6, 6.07) is 6.62. The zero-order valence-electron chi connectivity index (χ0n) is 18.2. The molecule has 2 aromatic carbocycles. The van der Waals surface area contributed by atoms with Crippen LogP contribution in [-0.4, -0.2) is 60.8 Å². The minimum atomic E-state index is -4.64. The highest BCUT2D eigenvalue weighted by Gasteiger charge is 2.39.